The van der Waals surface area contributed by atoms with Crippen molar-refractivity contribution < 1.29 is 9.21 Å². The van der Waals surface area contributed by atoms with Gasteiger partial charge in [-0.15, -0.1) is 0 Å². The van der Waals surface area contributed by atoms with Crippen LogP contribution in [0.15, 0.2) is 65.2 Å². The highest BCUT2D eigenvalue weighted by Gasteiger charge is 2.19. The fraction of sp³-hybridized carbons (Fsp3) is 0.143. The molecule has 2 aromatic carbocycles. The quantitative estimate of drug-likeness (QED) is 0.590. The number of rotatable bonds is 4. The third-order valence-corrected chi connectivity index (χ3v) is 4.43. The van der Waals surface area contributed by atoms with Crippen molar-refractivity contribution in [2.24, 2.45) is 0 Å². The topological polar surface area (TPSA) is 60.1 Å². The van der Waals surface area contributed by atoms with Crippen molar-refractivity contribution in [3.05, 3.63) is 83.2 Å². The van der Waals surface area contributed by atoms with Crippen LogP contribution in [0.2, 0.25) is 0 Å². The molecule has 0 aliphatic rings. The normalized spacial score (nSPS) is 11.0. The number of fused-ring (bicyclic) bond motifs is 1. The van der Waals surface area contributed by atoms with E-state index in [1.54, 1.807) is 16.9 Å². The molecule has 0 spiro atoms. The zero-order chi connectivity index (χ0) is 18.1. The molecular weight excluding hydrogens is 326 g/mol. The molecule has 1 amide bonds. The van der Waals surface area contributed by atoms with Crippen molar-refractivity contribution >= 4 is 22.7 Å². The van der Waals surface area contributed by atoms with Crippen molar-refractivity contribution in [2.45, 2.75) is 20.4 Å². The Morgan fingerprint density at radius 2 is 1.92 bits per heavy atom. The molecule has 0 fully saturated rings. The number of nitrogens with zero attached hydrogens (tertiary/aromatic N) is 2. The minimum absolute atomic E-state index is 0.272. The average Bonchev–Trinajstić information content (AvgIpc) is 3.20. The van der Waals surface area contributed by atoms with Crippen LogP contribution in [0, 0.1) is 13.8 Å². The summed E-state index contributed by atoms with van der Waals surface area (Å²) in [5.74, 6) is 0.694. The Morgan fingerprint density at radius 1 is 1.12 bits per heavy atom. The summed E-state index contributed by atoms with van der Waals surface area (Å²) >= 11 is 0. The first kappa shape index (κ1) is 16.1. The molecule has 5 nitrogen and oxygen atoms in total. The number of carbonyl (C=O) groups excluding carboxylic acids is 1. The highest BCUT2D eigenvalue weighted by molar-refractivity contribution is 6.06. The van der Waals surface area contributed by atoms with Crippen LogP contribution in [0.3, 0.4) is 0 Å². The van der Waals surface area contributed by atoms with E-state index in [2.05, 4.69) is 10.4 Å². The van der Waals surface area contributed by atoms with Gasteiger partial charge >= 0.3 is 0 Å². The van der Waals surface area contributed by atoms with E-state index in [0.29, 0.717) is 18.1 Å². The molecule has 4 aromatic rings. The number of furan rings is 1. The number of anilines is 1. The van der Waals surface area contributed by atoms with Gasteiger partial charge in [0.1, 0.15) is 11.4 Å². The van der Waals surface area contributed by atoms with Gasteiger partial charge in [-0.1, -0.05) is 42.5 Å². The number of hydrogen-bond acceptors (Lipinski definition) is 3. The number of amides is 1. The highest BCUT2D eigenvalue weighted by Crippen LogP contribution is 2.26. The predicted octanol–water partition coefficient (Wildman–Crippen LogP) is 4.55. The summed E-state index contributed by atoms with van der Waals surface area (Å²) in [6.07, 6.45) is 1.67. The molecular formula is C21H19N3O2. The van der Waals surface area contributed by atoms with Gasteiger partial charge in [0.05, 0.1) is 12.7 Å². The van der Waals surface area contributed by atoms with Crippen molar-refractivity contribution in [3.8, 4) is 0 Å². The molecule has 0 bridgehead atoms. The fourth-order valence-corrected chi connectivity index (χ4v) is 3.04. The molecule has 0 atom stereocenters. The maximum atomic E-state index is 12.7. The first-order valence-electron chi connectivity index (χ1n) is 8.48. The molecule has 0 saturated carbocycles. The third-order valence-electron chi connectivity index (χ3n) is 4.43. The van der Waals surface area contributed by atoms with Crippen molar-refractivity contribution in [1.82, 2.24) is 9.78 Å². The summed E-state index contributed by atoms with van der Waals surface area (Å²) in [6.45, 7) is 4.48. The molecule has 0 saturated heterocycles. The van der Waals surface area contributed by atoms with Gasteiger partial charge in [-0.2, -0.15) is 5.10 Å². The van der Waals surface area contributed by atoms with Crippen LogP contribution in [0.5, 0.6) is 0 Å². The number of benzene rings is 2. The van der Waals surface area contributed by atoms with Gasteiger partial charge in [0.2, 0.25) is 0 Å². The number of nitrogens with one attached hydrogen (secondary N) is 1. The van der Waals surface area contributed by atoms with Gasteiger partial charge in [-0.05, 0) is 31.0 Å². The Morgan fingerprint density at radius 3 is 2.73 bits per heavy atom. The van der Waals surface area contributed by atoms with E-state index in [1.165, 1.54) is 0 Å². The minimum Gasteiger partial charge on any atom is -0.451 e. The lowest BCUT2D eigenvalue weighted by atomic mass is 10.1. The molecule has 26 heavy (non-hydrogen) atoms. The van der Waals surface area contributed by atoms with E-state index >= 15 is 0 Å². The highest BCUT2D eigenvalue weighted by atomic mass is 16.3. The van der Waals surface area contributed by atoms with E-state index in [4.69, 9.17) is 4.42 Å². The minimum atomic E-state index is -0.272. The van der Waals surface area contributed by atoms with Crippen molar-refractivity contribution in [1.29, 1.82) is 0 Å². The van der Waals surface area contributed by atoms with Gasteiger partial charge in [0, 0.05) is 17.0 Å². The number of aromatic nitrogens is 2. The standard InChI is InChI=1S/C21H19N3O2/c1-14-8-9-17-15(2)20(26-18(17)12-14)21(25)23-19-10-11-22-24(19)13-16-6-4-3-5-7-16/h3-12H,13H2,1-2H3,(H,23,25). The van der Waals surface area contributed by atoms with Crippen molar-refractivity contribution in [2.75, 3.05) is 5.32 Å². The van der Waals surface area contributed by atoms with E-state index in [-0.39, 0.29) is 5.91 Å². The second kappa shape index (κ2) is 6.52. The van der Waals surface area contributed by atoms with Gasteiger partial charge in [0.15, 0.2) is 5.76 Å². The van der Waals surface area contributed by atoms with E-state index < -0.39 is 0 Å². The second-order valence-corrected chi connectivity index (χ2v) is 6.37. The monoisotopic (exact) mass is 345 g/mol. The van der Waals surface area contributed by atoms with Gasteiger partial charge in [-0.3, -0.25) is 4.79 Å². The van der Waals surface area contributed by atoms with Crippen LogP contribution >= 0.6 is 0 Å². The molecule has 0 unspecified atom stereocenters. The fourth-order valence-electron chi connectivity index (χ4n) is 3.04. The molecule has 0 aliphatic heterocycles. The number of hydrogen-bond donors (Lipinski definition) is 1. The maximum Gasteiger partial charge on any atom is 0.292 e. The lowest BCUT2D eigenvalue weighted by molar-refractivity contribution is 0.0997. The molecule has 4 rings (SSSR count). The smallest absolute Gasteiger partial charge is 0.292 e. The lowest BCUT2D eigenvalue weighted by Gasteiger charge is -2.08. The second-order valence-electron chi connectivity index (χ2n) is 6.37. The van der Waals surface area contributed by atoms with Crippen LogP contribution < -0.4 is 5.32 Å². The zero-order valence-corrected chi connectivity index (χ0v) is 14.7. The summed E-state index contributed by atoms with van der Waals surface area (Å²) < 4.78 is 7.57. The van der Waals surface area contributed by atoms with Crippen LogP contribution in [0.25, 0.3) is 11.0 Å². The zero-order valence-electron chi connectivity index (χ0n) is 14.7. The molecule has 0 radical (unpaired) electrons. The predicted molar refractivity (Wildman–Crippen MR) is 101 cm³/mol. The Balaban J connectivity index is 1.60. The summed E-state index contributed by atoms with van der Waals surface area (Å²) in [5.41, 5.74) is 3.78. The Kier molecular flexibility index (Phi) is 4.05. The molecule has 2 heterocycles. The van der Waals surface area contributed by atoms with Crippen molar-refractivity contribution in [3.63, 3.8) is 0 Å². The summed E-state index contributed by atoms with van der Waals surface area (Å²) in [4.78, 5) is 12.7. The molecule has 5 heteroatoms. The number of carbonyl (C=O) groups is 1. The van der Waals surface area contributed by atoms with Crippen LogP contribution in [-0.2, 0) is 6.54 Å². The average molecular weight is 345 g/mol. The molecule has 2 aromatic heterocycles. The number of aryl methyl sites for hydroxylation is 2. The summed E-state index contributed by atoms with van der Waals surface area (Å²) in [6, 6.07) is 17.7. The van der Waals surface area contributed by atoms with Gasteiger partial charge < -0.3 is 9.73 Å². The van der Waals surface area contributed by atoms with Gasteiger partial charge in [0.25, 0.3) is 5.91 Å². The van der Waals surface area contributed by atoms with E-state index in [1.807, 2.05) is 62.4 Å². The molecule has 1 N–H and O–H groups in total. The lowest BCUT2D eigenvalue weighted by Crippen LogP contribution is -2.16. The first-order valence-corrected chi connectivity index (χ1v) is 8.48. The van der Waals surface area contributed by atoms with Crippen LogP contribution in [0.1, 0.15) is 27.2 Å². The maximum absolute atomic E-state index is 12.7. The molecule has 0 aliphatic carbocycles. The third kappa shape index (κ3) is 2.99. The summed E-state index contributed by atoms with van der Waals surface area (Å²) in [5, 5.41) is 8.17. The SMILES string of the molecule is Cc1ccc2c(C)c(C(=O)Nc3ccnn3Cc3ccccc3)oc2c1. The Labute approximate surface area is 151 Å². The Hall–Kier alpha value is -3.34. The Bertz CT molecular complexity index is 1080. The van der Waals surface area contributed by atoms with Crippen LogP contribution in [0.4, 0.5) is 5.82 Å². The van der Waals surface area contributed by atoms with E-state index in [0.717, 1.165) is 27.7 Å². The first-order chi connectivity index (χ1) is 12.6. The molecule has 130 valence electrons. The largest absolute Gasteiger partial charge is 0.451 e. The summed E-state index contributed by atoms with van der Waals surface area (Å²) in [7, 11) is 0. The van der Waals surface area contributed by atoms with E-state index in [9.17, 15) is 4.79 Å². The van der Waals surface area contributed by atoms with Crippen LogP contribution in [-0.4, -0.2) is 15.7 Å². The van der Waals surface area contributed by atoms with Gasteiger partial charge in [-0.25, -0.2) is 4.68 Å².